The third kappa shape index (κ3) is 6.81. The molecule has 1 aromatic carbocycles. The number of aliphatic hydroxyl groups is 1. The van der Waals surface area contributed by atoms with Crippen LogP contribution in [0.15, 0.2) is 35.6 Å². The van der Waals surface area contributed by atoms with Crippen molar-refractivity contribution >= 4 is 11.8 Å². The molecule has 0 amide bonds. The monoisotopic (exact) mass is 386 g/mol. The second-order valence-electron chi connectivity index (χ2n) is 8.74. The van der Waals surface area contributed by atoms with Gasteiger partial charge in [0.15, 0.2) is 5.78 Å². The van der Waals surface area contributed by atoms with Crippen LogP contribution in [0.2, 0.25) is 0 Å². The molecular weight excluding hydrogens is 352 g/mol. The number of esters is 1. The Labute approximate surface area is 169 Å². The van der Waals surface area contributed by atoms with E-state index >= 15 is 0 Å². The molecule has 0 unspecified atom stereocenters. The predicted octanol–water partition coefficient (Wildman–Crippen LogP) is 5.59. The molecule has 1 aliphatic heterocycles. The second kappa shape index (κ2) is 10.4. The molecule has 0 aromatic heterocycles. The van der Waals surface area contributed by atoms with Gasteiger partial charge < -0.3 is 9.84 Å². The van der Waals surface area contributed by atoms with Crippen LogP contribution in [0.5, 0.6) is 0 Å². The van der Waals surface area contributed by atoms with Gasteiger partial charge >= 0.3 is 5.97 Å². The zero-order chi connectivity index (χ0) is 20.6. The van der Waals surface area contributed by atoms with E-state index in [1.807, 2.05) is 0 Å². The first-order chi connectivity index (χ1) is 13.3. The second-order valence-corrected chi connectivity index (χ2v) is 8.74. The third-order valence-electron chi connectivity index (χ3n) is 5.30. The van der Waals surface area contributed by atoms with Crippen molar-refractivity contribution in [3.63, 3.8) is 0 Å². The molecular formula is C24H34O4. The molecule has 0 aliphatic carbocycles. The van der Waals surface area contributed by atoms with Crippen LogP contribution in [0, 0.1) is 0 Å². The molecule has 4 nitrogen and oxygen atoms in total. The van der Waals surface area contributed by atoms with E-state index in [0.717, 1.165) is 25.7 Å². The first-order valence-corrected chi connectivity index (χ1v) is 10.5. The van der Waals surface area contributed by atoms with Gasteiger partial charge in [0.2, 0.25) is 0 Å². The van der Waals surface area contributed by atoms with Gasteiger partial charge in [0.1, 0.15) is 17.9 Å². The number of carbonyl (C=O) groups excluding carboxylic acids is 2. The van der Waals surface area contributed by atoms with E-state index in [-0.39, 0.29) is 29.1 Å². The number of rotatable bonds is 11. The molecule has 0 atom stereocenters. The predicted molar refractivity (Wildman–Crippen MR) is 111 cm³/mol. The minimum absolute atomic E-state index is 0.143. The van der Waals surface area contributed by atoms with Crippen LogP contribution < -0.4 is 0 Å². The number of Topliss-reactive ketones (excluding diaryl/α,β-unsaturated/α-hetero) is 1. The highest BCUT2D eigenvalue weighted by Gasteiger charge is 2.29. The highest BCUT2D eigenvalue weighted by Crippen LogP contribution is 2.23. The minimum atomic E-state index is -0.685. The maximum Gasteiger partial charge on any atom is 0.345 e. The highest BCUT2D eigenvalue weighted by atomic mass is 16.5. The van der Waals surface area contributed by atoms with E-state index in [9.17, 15) is 14.7 Å². The van der Waals surface area contributed by atoms with E-state index in [4.69, 9.17) is 0 Å². The Bertz CT molecular complexity index is 692. The number of carbonyl (C=O) groups is 2. The van der Waals surface area contributed by atoms with Gasteiger partial charge in [-0.3, -0.25) is 4.79 Å². The topological polar surface area (TPSA) is 63.6 Å². The Morgan fingerprint density at radius 2 is 1.54 bits per heavy atom. The standard InChI is InChI=1S/C24H34O4/c1-24(2,3)19-15-13-18(14-16-19)11-9-7-5-4-6-8-10-12-20(25)22-21(26)17-28-23(22)27/h13-16,26H,4-12,17H2,1-3H3. The van der Waals surface area contributed by atoms with E-state index in [0.29, 0.717) is 6.42 Å². The van der Waals surface area contributed by atoms with E-state index in [1.165, 1.54) is 36.8 Å². The lowest BCUT2D eigenvalue weighted by atomic mass is 9.86. The summed E-state index contributed by atoms with van der Waals surface area (Å²) >= 11 is 0. The summed E-state index contributed by atoms with van der Waals surface area (Å²) in [7, 11) is 0. The van der Waals surface area contributed by atoms with Crippen LogP contribution in [-0.2, 0) is 26.2 Å². The first-order valence-electron chi connectivity index (χ1n) is 10.5. The maximum absolute atomic E-state index is 11.9. The van der Waals surface area contributed by atoms with Gasteiger partial charge in [-0.15, -0.1) is 0 Å². The van der Waals surface area contributed by atoms with Crippen LogP contribution in [-0.4, -0.2) is 23.5 Å². The Morgan fingerprint density at radius 3 is 2.07 bits per heavy atom. The average Bonchev–Trinajstić information content (AvgIpc) is 2.98. The third-order valence-corrected chi connectivity index (χ3v) is 5.30. The number of benzene rings is 1. The SMILES string of the molecule is CC(C)(C)c1ccc(CCCCCCCCCC(=O)C2=C(O)COC2=O)cc1. The fourth-order valence-electron chi connectivity index (χ4n) is 3.47. The molecule has 0 bridgehead atoms. The maximum atomic E-state index is 11.9. The summed E-state index contributed by atoms with van der Waals surface area (Å²) in [5.74, 6) is -1.20. The molecule has 4 heteroatoms. The van der Waals surface area contributed by atoms with Gasteiger partial charge in [0.05, 0.1) is 0 Å². The van der Waals surface area contributed by atoms with E-state index < -0.39 is 5.97 Å². The molecule has 1 heterocycles. The molecule has 0 radical (unpaired) electrons. The van der Waals surface area contributed by atoms with Crippen molar-refractivity contribution in [3.05, 3.63) is 46.7 Å². The Morgan fingerprint density at radius 1 is 0.964 bits per heavy atom. The van der Waals surface area contributed by atoms with Crippen molar-refractivity contribution < 1.29 is 19.4 Å². The van der Waals surface area contributed by atoms with Gasteiger partial charge in [-0.05, 0) is 35.8 Å². The molecule has 0 saturated heterocycles. The van der Waals surface area contributed by atoms with Crippen LogP contribution in [0.25, 0.3) is 0 Å². The number of cyclic esters (lactones) is 1. The Balaban J connectivity index is 1.50. The zero-order valence-corrected chi connectivity index (χ0v) is 17.6. The molecule has 1 aliphatic rings. The van der Waals surface area contributed by atoms with Crippen LogP contribution in [0.4, 0.5) is 0 Å². The molecule has 2 rings (SSSR count). The Hall–Kier alpha value is -2.10. The van der Waals surface area contributed by atoms with Crippen molar-refractivity contribution in [2.45, 2.75) is 84.0 Å². The minimum Gasteiger partial charge on any atom is -0.508 e. The fourth-order valence-corrected chi connectivity index (χ4v) is 3.47. The van der Waals surface area contributed by atoms with Crippen LogP contribution >= 0.6 is 0 Å². The first kappa shape index (κ1) is 22.2. The van der Waals surface area contributed by atoms with E-state index in [1.54, 1.807) is 0 Å². The van der Waals surface area contributed by atoms with Crippen LogP contribution in [0.1, 0.15) is 83.3 Å². The number of hydrogen-bond acceptors (Lipinski definition) is 4. The number of ketones is 1. The normalized spacial score (nSPS) is 14.5. The van der Waals surface area contributed by atoms with Gasteiger partial charge in [0, 0.05) is 6.42 Å². The summed E-state index contributed by atoms with van der Waals surface area (Å²) in [4.78, 5) is 23.3. The summed E-state index contributed by atoms with van der Waals surface area (Å²) in [5, 5.41) is 9.50. The molecule has 1 aromatic rings. The zero-order valence-electron chi connectivity index (χ0n) is 17.6. The number of unbranched alkanes of at least 4 members (excludes halogenated alkanes) is 6. The van der Waals surface area contributed by atoms with Gasteiger partial charge in [0.25, 0.3) is 0 Å². The van der Waals surface area contributed by atoms with Gasteiger partial charge in [-0.25, -0.2) is 4.79 Å². The Kier molecular flexibility index (Phi) is 8.28. The number of hydrogen-bond donors (Lipinski definition) is 1. The largest absolute Gasteiger partial charge is 0.508 e. The average molecular weight is 387 g/mol. The lowest BCUT2D eigenvalue weighted by molar-refractivity contribution is -0.137. The lowest BCUT2D eigenvalue weighted by Crippen LogP contribution is -2.10. The molecule has 154 valence electrons. The lowest BCUT2D eigenvalue weighted by Gasteiger charge is -2.19. The summed E-state index contributed by atoms with van der Waals surface area (Å²) in [6, 6.07) is 9.01. The highest BCUT2D eigenvalue weighted by molar-refractivity contribution is 6.18. The summed E-state index contributed by atoms with van der Waals surface area (Å²) in [6.45, 7) is 6.55. The van der Waals surface area contributed by atoms with Gasteiger partial charge in [-0.1, -0.05) is 77.1 Å². The van der Waals surface area contributed by atoms with E-state index in [2.05, 4.69) is 49.8 Å². The molecule has 0 saturated carbocycles. The van der Waals surface area contributed by atoms with Crippen molar-refractivity contribution in [1.82, 2.24) is 0 Å². The van der Waals surface area contributed by atoms with Gasteiger partial charge in [-0.2, -0.15) is 0 Å². The van der Waals surface area contributed by atoms with Crippen molar-refractivity contribution in [1.29, 1.82) is 0 Å². The van der Waals surface area contributed by atoms with Crippen molar-refractivity contribution in [2.24, 2.45) is 0 Å². The number of ether oxygens (including phenoxy) is 1. The quantitative estimate of drug-likeness (QED) is 0.306. The molecule has 28 heavy (non-hydrogen) atoms. The van der Waals surface area contributed by atoms with Crippen molar-refractivity contribution in [3.8, 4) is 0 Å². The smallest absolute Gasteiger partial charge is 0.345 e. The number of aryl methyl sites for hydroxylation is 1. The molecule has 0 fully saturated rings. The van der Waals surface area contributed by atoms with Crippen LogP contribution in [0.3, 0.4) is 0 Å². The molecule has 0 spiro atoms. The molecule has 1 N–H and O–H groups in total. The number of aliphatic hydroxyl groups excluding tert-OH is 1. The summed E-state index contributed by atoms with van der Waals surface area (Å²) in [5.41, 5.74) is 2.86. The summed E-state index contributed by atoms with van der Waals surface area (Å²) in [6.07, 6.45) is 9.09. The summed E-state index contributed by atoms with van der Waals surface area (Å²) < 4.78 is 4.65. The van der Waals surface area contributed by atoms with Crippen molar-refractivity contribution in [2.75, 3.05) is 6.61 Å². The fraction of sp³-hybridized carbons (Fsp3) is 0.583.